The van der Waals surface area contributed by atoms with Gasteiger partial charge in [-0.2, -0.15) is 0 Å². The molecule has 1 fully saturated rings. The molecule has 34 heavy (non-hydrogen) atoms. The molecule has 1 aliphatic rings. The number of unbranched alkanes of at least 4 members (excludes halogenated alkanes) is 1. The Balaban J connectivity index is 0.00000204. The van der Waals surface area contributed by atoms with E-state index in [1.807, 2.05) is 54.7 Å². The molecule has 2 aromatic carbocycles. The number of thioether (sulfide) groups is 1. The van der Waals surface area contributed by atoms with Gasteiger partial charge in [0.1, 0.15) is 0 Å². The van der Waals surface area contributed by atoms with Crippen molar-refractivity contribution < 1.29 is 9.53 Å². The van der Waals surface area contributed by atoms with Crippen molar-refractivity contribution in [2.45, 2.75) is 36.9 Å². The first-order valence-electron chi connectivity index (χ1n) is 11.1. The molecule has 3 aromatic rings. The first kappa shape index (κ1) is 28.1. The van der Waals surface area contributed by atoms with E-state index in [1.165, 1.54) is 5.56 Å². The Labute approximate surface area is 218 Å². The van der Waals surface area contributed by atoms with Crippen LogP contribution in [-0.4, -0.2) is 29.3 Å². The molecule has 5 nitrogen and oxygen atoms in total. The van der Waals surface area contributed by atoms with Gasteiger partial charge in [0.2, 0.25) is 5.91 Å². The molecule has 2 N–H and O–H groups in total. The van der Waals surface area contributed by atoms with Gasteiger partial charge in [0.15, 0.2) is 6.23 Å². The van der Waals surface area contributed by atoms with Gasteiger partial charge in [-0.1, -0.05) is 66.7 Å². The molecule has 182 valence electrons. The molecule has 1 saturated heterocycles. The zero-order valence-corrected chi connectivity index (χ0v) is 21.3. The second-order valence-electron chi connectivity index (χ2n) is 7.83. The Morgan fingerprint density at radius 3 is 2.47 bits per heavy atom. The maximum Gasteiger partial charge on any atom is 0.240 e. The van der Waals surface area contributed by atoms with Gasteiger partial charge in [-0.3, -0.25) is 15.1 Å². The summed E-state index contributed by atoms with van der Waals surface area (Å²) in [5.74, 6) is 0.672. The Morgan fingerprint density at radius 1 is 1.03 bits per heavy atom. The van der Waals surface area contributed by atoms with Gasteiger partial charge < -0.3 is 10.1 Å². The minimum absolute atomic E-state index is 0. The lowest BCUT2D eigenvalue weighted by molar-refractivity contribution is -0.127. The van der Waals surface area contributed by atoms with E-state index in [1.54, 1.807) is 18.0 Å². The predicted molar refractivity (Wildman–Crippen MR) is 144 cm³/mol. The molecule has 0 spiro atoms. The van der Waals surface area contributed by atoms with Crippen LogP contribution in [0.5, 0.6) is 0 Å². The highest BCUT2D eigenvalue weighted by molar-refractivity contribution is 7.99. The lowest BCUT2D eigenvalue weighted by Gasteiger charge is -2.22. The maximum atomic E-state index is 13.0. The highest BCUT2D eigenvalue weighted by atomic mass is 35.5. The molecule has 0 radical (unpaired) electrons. The number of carbonyl (C=O) groups excluding carboxylic acids is 1. The zero-order valence-electron chi connectivity index (χ0n) is 18.8. The van der Waals surface area contributed by atoms with E-state index in [-0.39, 0.29) is 42.1 Å². The van der Waals surface area contributed by atoms with Crippen LogP contribution in [0.3, 0.4) is 0 Å². The molecule has 4 rings (SSSR count). The van der Waals surface area contributed by atoms with Crippen LogP contribution in [0.4, 0.5) is 0 Å². The lowest BCUT2D eigenvalue weighted by atomic mass is 10.1. The van der Waals surface area contributed by atoms with Crippen LogP contribution < -0.4 is 10.6 Å². The summed E-state index contributed by atoms with van der Waals surface area (Å²) in [5.41, 5.74) is 3.38. The van der Waals surface area contributed by atoms with Crippen LogP contribution in [0.2, 0.25) is 0 Å². The van der Waals surface area contributed by atoms with Gasteiger partial charge in [-0.25, -0.2) is 0 Å². The average molecular weight is 521 g/mol. The van der Waals surface area contributed by atoms with Crippen molar-refractivity contribution in [2.75, 3.05) is 12.4 Å². The van der Waals surface area contributed by atoms with E-state index in [9.17, 15) is 4.79 Å². The highest BCUT2D eigenvalue weighted by Gasteiger charge is 2.32. The van der Waals surface area contributed by atoms with E-state index in [2.05, 4.69) is 39.9 Å². The number of ether oxygens (including phenoxy) is 1. The number of carbonyl (C=O) groups is 1. The third-order valence-corrected chi connectivity index (χ3v) is 6.72. The minimum atomic E-state index is -0.454. The topological polar surface area (TPSA) is 63.2 Å². The van der Waals surface area contributed by atoms with Gasteiger partial charge in [0, 0.05) is 30.3 Å². The fraction of sp³-hybridized carbons (Fsp3) is 0.308. The molecule has 1 aromatic heterocycles. The van der Waals surface area contributed by atoms with Crippen molar-refractivity contribution in [3.63, 3.8) is 0 Å². The Bertz CT molecular complexity index is 968. The van der Waals surface area contributed by atoms with Crippen LogP contribution in [-0.2, 0) is 16.0 Å². The van der Waals surface area contributed by atoms with E-state index in [4.69, 9.17) is 4.74 Å². The van der Waals surface area contributed by atoms with E-state index < -0.39 is 6.23 Å². The van der Waals surface area contributed by atoms with Gasteiger partial charge in [-0.05, 0) is 36.5 Å². The van der Waals surface area contributed by atoms with Gasteiger partial charge in [-0.15, -0.1) is 36.6 Å². The molecular weight excluding hydrogens is 489 g/mol. The fourth-order valence-corrected chi connectivity index (χ4v) is 4.93. The summed E-state index contributed by atoms with van der Waals surface area (Å²) in [6.07, 6.45) is 6.17. The van der Waals surface area contributed by atoms with E-state index in [0.717, 1.165) is 30.4 Å². The van der Waals surface area contributed by atoms with E-state index >= 15 is 0 Å². The van der Waals surface area contributed by atoms with Crippen molar-refractivity contribution in [1.82, 2.24) is 15.6 Å². The molecule has 3 atom stereocenters. The smallest absolute Gasteiger partial charge is 0.240 e. The van der Waals surface area contributed by atoms with Gasteiger partial charge in [0.05, 0.1) is 11.4 Å². The number of rotatable bonds is 10. The number of nitrogens with one attached hydrogen (secondary N) is 2. The highest BCUT2D eigenvalue weighted by Crippen LogP contribution is 2.32. The van der Waals surface area contributed by atoms with Crippen LogP contribution in [0.1, 0.15) is 41.1 Å². The van der Waals surface area contributed by atoms with Gasteiger partial charge >= 0.3 is 0 Å². The quantitative estimate of drug-likeness (QED) is 0.274. The van der Waals surface area contributed by atoms with Crippen molar-refractivity contribution in [1.29, 1.82) is 0 Å². The maximum absolute atomic E-state index is 13.0. The molecule has 1 amide bonds. The molecule has 0 bridgehead atoms. The second kappa shape index (κ2) is 15.0. The summed E-state index contributed by atoms with van der Waals surface area (Å²) in [6, 6.07) is 24.1. The third kappa shape index (κ3) is 8.29. The Morgan fingerprint density at radius 2 is 1.76 bits per heavy atom. The number of aryl methyl sites for hydroxylation is 1. The first-order chi connectivity index (χ1) is 15.8. The standard InChI is InChI=1S/C26H29N3O2S.2ClH/c30-24(23-19-32-26(28-23)22-15-9-16-27-18-22)29-25(21-13-5-2-6-14-21)31-17-8-7-12-20-10-3-1-4-11-20;;/h1-6,9-11,13-16,18,23,25-26,28H,7-8,12,17,19H2,(H,29,30);2*1H. The number of amides is 1. The monoisotopic (exact) mass is 519 g/mol. The fourth-order valence-electron chi connectivity index (χ4n) is 3.70. The molecule has 2 heterocycles. The first-order valence-corrected chi connectivity index (χ1v) is 12.1. The number of halogens is 2. The average Bonchev–Trinajstić information content (AvgIpc) is 3.35. The molecule has 8 heteroatoms. The molecule has 0 saturated carbocycles. The SMILES string of the molecule is Cl.Cl.O=C(NC(OCCCCc1ccccc1)c1ccccc1)C1CSC(c2cccnc2)N1. The van der Waals surface area contributed by atoms with Crippen LogP contribution >= 0.6 is 36.6 Å². The van der Waals surface area contributed by atoms with Crippen molar-refractivity contribution >= 4 is 42.5 Å². The lowest BCUT2D eigenvalue weighted by Crippen LogP contribution is -2.44. The predicted octanol–water partition coefficient (Wildman–Crippen LogP) is 5.48. The summed E-state index contributed by atoms with van der Waals surface area (Å²) < 4.78 is 6.13. The summed E-state index contributed by atoms with van der Waals surface area (Å²) in [6.45, 7) is 0.595. The minimum Gasteiger partial charge on any atom is -0.354 e. The normalized spacial score (nSPS) is 17.8. The zero-order chi connectivity index (χ0) is 22.0. The number of pyridine rings is 1. The van der Waals surface area contributed by atoms with E-state index in [0.29, 0.717) is 12.4 Å². The molecular formula is C26H31Cl2N3O2S. The number of hydrogen-bond acceptors (Lipinski definition) is 5. The third-order valence-electron chi connectivity index (χ3n) is 5.45. The van der Waals surface area contributed by atoms with Crippen molar-refractivity contribution in [3.8, 4) is 0 Å². The molecule has 1 aliphatic heterocycles. The van der Waals surface area contributed by atoms with Gasteiger partial charge in [0.25, 0.3) is 0 Å². The number of aromatic nitrogens is 1. The second-order valence-corrected chi connectivity index (χ2v) is 8.97. The number of nitrogens with zero attached hydrogens (tertiary/aromatic N) is 1. The summed E-state index contributed by atoms with van der Waals surface area (Å²) in [7, 11) is 0. The molecule has 0 aliphatic carbocycles. The van der Waals surface area contributed by atoms with Crippen LogP contribution in [0, 0.1) is 0 Å². The van der Waals surface area contributed by atoms with Crippen molar-refractivity contribution in [3.05, 3.63) is 102 Å². The Hall–Kier alpha value is -2.09. The summed E-state index contributed by atoms with van der Waals surface area (Å²) in [5, 5.41) is 6.59. The largest absolute Gasteiger partial charge is 0.354 e. The summed E-state index contributed by atoms with van der Waals surface area (Å²) in [4.78, 5) is 17.2. The molecule has 3 unspecified atom stereocenters. The van der Waals surface area contributed by atoms with Crippen LogP contribution in [0.15, 0.2) is 85.2 Å². The van der Waals surface area contributed by atoms with Crippen LogP contribution in [0.25, 0.3) is 0 Å². The Kier molecular flexibility index (Phi) is 12.4. The number of benzene rings is 2. The number of hydrogen-bond donors (Lipinski definition) is 2. The van der Waals surface area contributed by atoms with Crippen molar-refractivity contribution in [2.24, 2.45) is 0 Å². The summed E-state index contributed by atoms with van der Waals surface area (Å²) >= 11 is 1.72.